The van der Waals surface area contributed by atoms with E-state index in [-0.39, 0.29) is 12.1 Å². The van der Waals surface area contributed by atoms with Crippen molar-refractivity contribution in [1.29, 1.82) is 0 Å². The highest BCUT2D eigenvalue weighted by Gasteiger charge is 2.36. The average Bonchev–Trinajstić information content (AvgIpc) is 2.26. The third kappa shape index (κ3) is 4.38. The van der Waals surface area contributed by atoms with Gasteiger partial charge in [-0.05, 0) is 33.1 Å². The summed E-state index contributed by atoms with van der Waals surface area (Å²) in [5.41, 5.74) is -1.21. The number of hydrogen-bond acceptors (Lipinski definition) is 3. The summed E-state index contributed by atoms with van der Waals surface area (Å²) in [6, 6.07) is -0.338. The number of rotatable bonds is 7. The summed E-state index contributed by atoms with van der Waals surface area (Å²) >= 11 is 0. The molecule has 0 spiro atoms. The first-order valence-corrected chi connectivity index (χ1v) is 6.85. The van der Waals surface area contributed by atoms with Crippen molar-refractivity contribution in [3.8, 4) is 0 Å². The number of carboxylic acids is 1. The summed E-state index contributed by atoms with van der Waals surface area (Å²) in [6.45, 7) is 6.04. The van der Waals surface area contributed by atoms with E-state index in [2.05, 4.69) is 10.6 Å². The van der Waals surface area contributed by atoms with Crippen LogP contribution >= 0.6 is 0 Å². The Hall–Kier alpha value is -1.30. The molecule has 0 aromatic rings. The molecule has 0 radical (unpaired) electrons. The zero-order valence-electron chi connectivity index (χ0n) is 11.9. The van der Waals surface area contributed by atoms with Crippen LogP contribution in [-0.2, 0) is 9.53 Å². The zero-order chi connectivity index (χ0) is 14.5. The molecule has 1 saturated carbocycles. The second kappa shape index (κ2) is 6.75. The van der Waals surface area contributed by atoms with Crippen LogP contribution in [0.2, 0.25) is 0 Å². The summed E-state index contributed by atoms with van der Waals surface area (Å²) < 4.78 is 5.40. The Labute approximate surface area is 113 Å². The number of amides is 2. The highest BCUT2D eigenvalue weighted by molar-refractivity contribution is 5.85. The van der Waals surface area contributed by atoms with Crippen molar-refractivity contribution in [3.63, 3.8) is 0 Å². The van der Waals surface area contributed by atoms with Gasteiger partial charge in [-0.1, -0.05) is 13.3 Å². The van der Waals surface area contributed by atoms with Gasteiger partial charge in [0.1, 0.15) is 5.54 Å². The van der Waals surface area contributed by atoms with Crippen molar-refractivity contribution in [2.75, 3.05) is 6.61 Å². The Balaban J connectivity index is 2.36. The van der Waals surface area contributed by atoms with Gasteiger partial charge >= 0.3 is 12.0 Å². The number of carboxylic acid groups (broad SMARTS) is 1. The van der Waals surface area contributed by atoms with Crippen LogP contribution < -0.4 is 10.6 Å². The topological polar surface area (TPSA) is 87.7 Å². The van der Waals surface area contributed by atoms with Gasteiger partial charge in [0.2, 0.25) is 0 Å². The maximum atomic E-state index is 11.8. The summed E-state index contributed by atoms with van der Waals surface area (Å²) in [7, 11) is 0. The number of carbonyl (C=O) groups is 2. The van der Waals surface area contributed by atoms with Gasteiger partial charge in [0, 0.05) is 12.6 Å². The van der Waals surface area contributed by atoms with Gasteiger partial charge < -0.3 is 20.5 Å². The van der Waals surface area contributed by atoms with Crippen LogP contribution in [0, 0.1) is 0 Å². The first-order chi connectivity index (χ1) is 8.91. The molecule has 19 heavy (non-hydrogen) atoms. The van der Waals surface area contributed by atoms with Crippen LogP contribution in [0.15, 0.2) is 0 Å². The van der Waals surface area contributed by atoms with Crippen molar-refractivity contribution in [1.82, 2.24) is 10.6 Å². The molecule has 3 N–H and O–H groups in total. The molecule has 0 saturated heterocycles. The molecular weight excluding hydrogens is 248 g/mol. The van der Waals surface area contributed by atoms with E-state index in [1.54, 1.807) is 0 Å². The highest BCUT2D eigenvalue weighted by Crippen LogP contribution is 2.23. The maximum Gasteiger partial charge on any atom is 0.329 e. The minimum absolute atomic E-state index is 0.0798. The SMILES string of the molecule is CCCC(C)(NC(=O)NC1CC(OCC)C1)C(=O)O. The van der Waals surface area contributed by atoms with Crippen LogP contribution in [0.4, 0.5) is 4.79 Å². The standard InChI is InChI=1S/C13H24N2O4/c1-4-6-13(3,11(16)17)15-12(18)14-9-7-10(8-9)19-5-2/h9-10H,4-8H2,1-3H3,(H,16,17)(H2,14,15,18). The molecule has 6 heteroatoms. The third-order valence-electron chi connectivity index (χ3n) is 3.44. The maximum absolute atomic E-state index is 11.8. The second-order valence-corrected chi connectivity index (χ2v) is 5.23. The average molecular weight is 272 g/mol. The number of hydrogen-bond donors (Lipinski definition) is 3. The van der Waals surface area contributed by atoms with Crippen LogP contribution in [0.3, 0.4) is 0 Å². The summed E-state index contributed by atoms with van der Waals surface area (Å²) in [4.78, 5) is 23.0. The molecule has 0 bridgehead atoms. The summed E-state index contributed by atoms with van der Waals surface area (Å²) in [5.74, 6) is -1.01. The number of urea groups is 1. The smallest absolute Gasteiger partial charge is 0.329 e. The molecule has 0 aromatic heterocycles. The fraction of sp³-hybridized carbons (Fsp3) is 0.846. The van der Waals surface area contributed by atoms with Gasteiger partial charge in [0.05, 0.1) is 6.10 Å². The molecule has 0 aliphatic heterocycles. The number of aliphatic carboxylic acids is 1. The van der Waals surface area contributed by atoms with E-state index >= 15 is 0 Å². The van der Waals surface area contributed by atoms with E-state index < -0.39 is 17.5 Å². The van der Waals surface area contributed by atoms with Crippen molar-refractivity contribution >= 4 is 12.0 Å². The molecule has 1 atom stereocenters. The lowest BCUT2D eigenvalue weighted by Gasteiger charge is -2.36. The van der Waals surface area contributed by atoms with Gasteiger partial charge in [-0.25, -0.2) is 9.59 Å². The predicted molar refractivity (Wildman–Crippen MR) is 71.1 cm³/mol. The van der Waals surface area contributed by atoms with Crippen LogP contribution in [0.25, 0.3) is 0 Å². The molecule has 1 aliphatic rings. The highest BCUT2D eigenvalue weighted by atomic mass is 16.5. The Morgan fingerprint density at radius 3 is 2.47 bits per heavy atom. The first-order valence-electron chi connectivity index (χ1n) is 6.85. The van der Waals surface area contributed by atoms with E-state index in [1.807, 2.05) is 13.8 Å². The van der Waals surface area contributed by atoms with E-state index in [1.165, 1.54) is 6.92 Å². The van der Waals surface area contributed by atoms with Crippen LogP contribution in [-0.4, -0.2) is 41.4 Å². The summed E-state index contributed by atoms with van der Waals surface area (Å²) in [5, 5.41) is 14.5. The zero-order valence-corrected chi connectivity index (χ0v) is 11.9. The number of carbonyl (C=O) groups excluding carboxylic acids is 1. The van der Waals surface area contributed by atoms with Gasteiger partial charge in [0.15, 0.2) is 0 Å². The lowest BCUT2D eigenvalue weighted by molar-refractivity contribution is -0.144. The molecule has 2 amide bonds. The van der Waals surface area contributed by atoms with E-state index in [0.29, 0.717) is 19.4 Å². The second-order valence-electron chi connectivity index (χ2n) is 5.23. The number of nitrogens with one attached hydrogen (secondary N) is 2. The van der Waals surface area contributed by atoms with E-state index in [4.69, 9.17) is 9.84 Å². The molecule has 0 heterocycles. The van der Waals surface area contributed by atoms with E-state index in [0.717, 1.165) is 12.8 Å². The Bertz CT molecular complexity index is 329. The van der Waals surface area contributed by atoms with Gasteiger partial charge in [-0.2, -0.15) is 0 Å². The lowest BCUT2D eigenvalue weighted by atomic mass is 9.89. The quantitative estimate of drug-likeness (QED) is 0.655. The monoisotopic (exact) mass is 272 g/mol. The largest absolute Gasteiger partial charge is 0.480 e. The fourth-order valence-corrected chi connectivity index (χ4v) is 2.25. The Morgan fingerprint density at radius 1 is 1.37 bits per heavy atom. The normalized spacial score (nSPS) is 25.0. The van der Waals surface area contributed by atoms with Gasteiger partial charge in [-0.3, -0.25) is 0 Å². The molecular formula is C13H24N2O4. The van der Waals surface area contributed by atoms with Gasteiger partial charge in [-0.15, -0.1) is 0 Å². The lowest BCUT2D eigenvalue weighted by Crippen LogP contribution is -2.58. The molecule has 1 aliphatic carbocycles. The van der Waals surface area contributed by atoms with Crippen LogP contribution in [0.5, 0.6) is 0 Å². The fourth-order valence-electron chi connectivity index (χ4n) is 2.25. The van der Waals surface area contributed by atoms with Crippen molar-refractivity contribution < 1.29 is 19.4 Å². The molecule has 1 unspecified atom stereocenters. The first kappa shape index (κ1) is 15.8. The van der Waals surface area contributed by atoms with Crippen LogP contribution in [0.1, 0.15) is 46.5 Å². The van der Waals surface area contributed by atoms with Crippen molar-refractivity contribution in [2.24, 2.45) is 0 Å². The van der Waals surface area contributed by atoms with E-state index in [9.17, 15) is 9.59 Å². The minimum Gasteiger partial charge on any atom is -0.480 e. The molecule has 6 nitrogen and oxygen atoms in total. The number of ether oxygens (including phenoxy) is 1. The van der Waals surface area contributed by atoms with Crippen molar-refractivity contribution in [2.45, 2.75) is 64.1 Å². The predicted octanol–water partition coefficient (Wildman–Crippen LogP) is 1.50. The minimum atomic E-state index is -1.21. The molecule has 1 rings (SSSR count). The Kier molecular flexibility index (Phi) is 5.60. The van der Waals surface area contributed by atoms with Gasteiger partial charge in [0.25, 0.3) is 0 Å². The van der Waals surface area contributed by atoms with Crippen molar-refractivity contribution in [3.05, 3.63) is 0 Å². The molecule has 0 aromatic carbocycles. The molecule has 1 fully saturated rings. The molecule has 110 valence electrons. The summed E-state index contributed by atoms with van der Waals surface area (Å²) in [6.07, 6.45) is 2.90. The Morgan fingerprint density at radius 2 is 2.00 bits per heavy atom. The third-order valence-corrected chi connectivity index (χ3v) is 3.44.